The number of ether oxygens (including phenoxy) is 1. The average Bonchev–Trinajstić information content (AvgIpc) is 3.15. The number of esters is 1. The molecule has 5 nitrogen and oxygen atoms in total. The first-order valence-corrected chi connectivity index (χ1v) is 8.34. The van der Waals surface area contributed by atoms with E-state index in [9.17, 15) is 4.79 Å². The molecule has 1 aliphatic heterocycles. The van der Waals surface area contributed by atoms with E-state index in [0.717, 1.165) is 29.5 Å². The summed E-state index contributed by atoms with van der Waals surface area (Å²) in [7, 11) is 1.41. The van der Waals surface area contributed by atoms with Gasteiger partial charge in [0.05, 0.1) is 35.7 Å². The highest BCUT2D eigenvalue weighted by Gasteiger charge is 2.21. The van der Waals surface area contributed by atoms with Crippen LogP contribution in [0.4, 0.5) is 0 Å². The summed E-state index contributed by atoms with van der Waals surface area (Å²) in [5, 5.41) is 1.13. The Hall–Kier alpha value is -3.08. The molecule has 0 spiro atoms. The van der Waals surface area contributed by atoms with Gasteiger partial charge in [-0.25, -0.2) is 9.78 Å². The fraction of sp³-hybridized carbons (Fsp3) is 0.200. The van der Waals surface area contributed by atoms with Crippen LogP contribution in [0, 0.1) is 6.92 Å². The summed E-state index contributed by atoms with van der Waals surface area (Å²) in [6.07, 6.45) is 1.92. The fourth-order valence-electron chi connectivity index (χ4n) is 3.91. The number of benzene rings is 2. The van der Waals surface area contributed by atoms with Crippen molar-refractivity contribution >= 4 is 27.9 Å². The third kappa shape index (κ3) is 1.89. The van der Waals surface area contributed by atoms with E-state index in [2.05, 4.69) is 39.2 Å². The van der Waals surface area contributed by atoms with E-state index in [0.29, 0.717) is 5.56 Å². The topological polar surface area (TPSA) is 49.0 Å². The van der Waals surface area contributed by atoms with Crippen LogP contribution >= 0.6 is 0 Å². The van der Waals surface area contributed by atoms with Crippen LogP contribution in [0.2, 0.25) is 0 Å². The van der Waals surface area contributed by atoms with Gasteiger partial charge in [0, 0.05) is 29.6 Å². The molecule has 1 aliphatic rings. The van der Waals surface area contributed by atoms with Crippen LogP contribution in [0.15, 0.2) is 42.7 Å². The van der Waals surface area contributed by atoms with Gasteiger partial charge >= 0.3 is 5.97 Å². The Bertz CT molecular complexity index is 1170. The van der Waals surface area contributed by atoms with Crippen molar-refractivity contribution in [2.24, 2.45) is 0 Å². The molecule has 0 N–H and O–H groups in total. The van der Waals surface area contributed by atoms with E-state index in [1.165, 1.54) is 29.4 Å². The third-order valence-electron chi connectivity index (χ3n) is 5.13. The molecule has 0 amide bonds. The number of methoxy groups -OCH3 is 1. The normalized spacial score (nSPS) is 13.0. The molecule has 0 saturated carbocycles. The summed E-state index contributed by atoms with van der Waals surface area (Å²) >= 11 is 0. The van der Waals surface area contributed by atoms with Crippen LogP contribution in [-0.4, -0.2) is 27.2 Å². The third-order valence-corrected chi connectivity index (χ3v) is 5.13. The molecule has 0 radical (unpaired) electrons. The maximum Gasteiger partial charge on any atom is 0.337 e. The fourth-order valence-corrected chi connectivity index (χ4v) is 3.91. The van der Waals surface area contributed by atoms with E-state index in [4.69, 9.17) is 4.74 Å². The van der Waals surface area contributed by atoms with Crippen molar-refractivity contribution in [3.63, 3.8) is 0 Å². The lowest BCUT2D eigenvalue weighted by molar-refractivity contribution is 0.0601. The first-order chi connectivity index (χ1) is 12.2. The highest BCUT2D eigenvalue weighted by atomic mass is 16.5. The number of hydrogen-bond donors (Lipinski definition) is 0. The molecule has 5 rings (SSSR count). The van der Waals surface area contributed by atoms with Crippen LogP contribution < -0.4 is 0 Å². The minimum atomic E-state index is -0.306. The van der Waals surface area contributed by atoms with Gasteiger partial charge in [-0.2, -0.15) is 0 Å². The molecule has 5 heteroatoms. The minimum absolute atomic E-state index is 0.306. The van der Waals surface area contributed by atoms with Crippen molar-refractivity contribution < 1.29 is 9.53 Å². The van der Waals surface area contributed by atoms with E-state index in [-0.39, 0.29) is 5.97 Å². The smallest absolute Gasteiger partial charge is 0.337 e. The molecule has 0 bridgehead atoms. The molecule has 2 aromatic carbocycles. The van der Waals surface area contributed by atoms with Gasteiger partial charge in [0.1, 0.15) is 0 Å². The molecule has 0 saturated heterocycles. The quantitative estimate of drug-likeness (QED) is 0.499. The van der Waals surface area contributed by atoms with Gasteiger partial charge in [0.2, 0.25) is 0 Å². The number of carbonyl (C=O) groups is 1. The summed E-state index contributed by atoms with van der Waals surface area (Å²) in [5.41, 5.74) is 7.49. The van der Waals surface area contributed by atoms with Crippen molar-refractivity contribution in [2.45, 2.75) is 20.0 Å². The van der Waals surface area contributed by atoms with Gasteiger partial charge in [-0.3, -0.25) is 0 Å². The van der Waals surface area contributed by atoms with Gasteiger partial charge in [-0.15, -0.1) is 0 Å². The molecule has 25 heavy (non-hydrogen) atoms. The Morgan fingerprint density at radius 2 is 2.04 bits per heavy atom. The minimum Gasteiger partial charge on any atom is -0.465 e. The molecular weight excluding hydrogens is 314 g/mol. The molecule has 3 heterocycles. The number of carbonyl (C=O) groups excluding carboxylic acids is 1. The lowest BCUT2D eigenvalue weighted by atomic mass is 10.0. The second-order valence-corrected chi connectivity index (χ2v) is 6.51. The highest BCUT2D eigenvalue weighted by molar-refractivity contribution is 6.00. The summed E-state index contributed by atoms with van der Waals surface area (Å²) in [5.74, 6) is -0.306. The lowest BCUT2D eigenvalue weighted by Gasteiger charge is -2.10. The number of imidazole rings is 1. The molecule has 2 aromatic heterocycles. The number of hydrogen-bond acceptors (Lipinski definition) is 3. The van der Waals surface area contributed by atoms with Crippen molar-refractivity contribution in [1.29, 1.82) is 0 Å². The molecule has 0 fully saturated rings. The van der Waals surface area contributed by atoms with E-state index < -0.39 is 0 Å². The van der Waals surface area contributed by atoms with Crippen LogP contribution in [-0.2, 0) is 17.8 Å². The van der Waals surface area contributed by atoms with Gasteiger partial charge in [0.25, 0.3) is 0 Å². The molecule has 4 aromatic rings. The van der Waals surface area contributed by atoms with Gasteiger partial charge in [-0.05, 0) is 36.8 Å². The van der Waals surface area contributed by atoms with Crippen molar-refractivity contribution in [1.82, 2.24) is 14.1 Å². The number of nitrogens with zero attached hydrogens (tertiary/aromatic N) is 3. The highest BCUT2D eigenvalue weighted by Crippen LogP contribution is 2.37. The zero-order valence-corrected chi connectivity index (χ0v) is 14.1. The zero-order valence-electron chi connectivity index (χ0n) is 14.1. The summed E-state index contributed by atoms with van der Waals surface area (Å²) in [6.45, 7) is 3.83. The van der Waals surface area contributed by atoms with Crippen LogP contribution in [0.3, 0.4) is 0 Å². The van der Waals surface area contributed by atoms with Crippen molar-refractivity contribution in [3.8, 4) is 11.3 Å². The Morgan fingerprint density at radius 3 is 2.88 bits per heavy atom. The zero-order chi connectivity index (χ0) is 17.1. The molecular formula is C20H17N3O2. The van der Waals surface area contributed by atoms with Crippen molar-refractivity contribution in [3.05, 3.63) is 53.9 Å². The Labute approximate surface area is 144 Å². The number of aryl methyl sites for hydroxylation is 3. The molecule has 0 unspecified atom stereocenters. The molecule has 0 aliphatic carbocycles. The largest absolute Gasteiger partial charge is 0.465 e. The van der Waals surface area contributed by atoms with Crippen LogP contribution in [0.25, 0.3) is 33.2 Å². The van der Waals surface area contributed by atoms with Crippen molar-refractivity contribution in [2.75, 3.05) is 7.11 Å². The maximum atomic E-state index is 11.9. The van der Waals surface area contributed by atoms with E-state index in [1.807, 2.05) is 24.5 Å². The first-order valence-electron chi connectivity index (χ1n) is 8.34. The summed E-state index contributed by atoms with van der Waals surface area (Å²) in [4.78, 5) is 16.5. The summed E-state index contributed by atoms with van der Waals surface area (Å²) in [6, 6.07) is 12.2. The van der Waals surface area contributed by atoms with E-state index >= 15 is 0 Å². The van der Waals surface area contributed by atoms with E-state index in [1.54, 1.807) is 0 Å². The number of fused-ring (bicyclic) bond motifs is 4. The molecule has 0 atom stereocenters. The number of rotatable bonds is 1. The summed E-state index contributed by atoms with van der Waals surface area (Å²) < 4.78 is 9.40. The van der Waals surface area contributed by atoms with Crippen LogP contribution in [0.1, 0.15) is 15.9 Å². The first kappa shape index (κ1) is 14.3. The Balaban J connectivity index is 1.85. The molecule has 124 valence electrons. The predicted octanol–water partition coefficient (Wildman–Crippen LogP) is 3.77. The predicted molar refractivity (Wildman–Crippen MR) is 96.7 cm³/mol. The van der Waals surface area contributed by atoms with Gasteiger partial charge in [-0.1, -0.05) is 12.1 Å². The average molecular weight is 331 g/mol. The lowest BCUT2D eigenvalue weighted by Crippen LogP contribution is -2.05. The maximum absolute atomic E-state index is 11.9. The Morgan fingerprint density at radius 1 is 1.16 bits per heavy atom. The standard InChI is InChI=1S/C20H17N3O2/c1-12-3-6-15-19-18(12)17-9-13-4-5-14(20(24)25-2)10-16(13)23(17)8-7-22(19)11-21-15/h3-6,9-11H,7-8H2,1-2H3. The second kappa shape index (κ2) is 4.96. The monoisotopic (exact) mass is 331 g/mol. The Kier molecular flexibility index (Phi) is 2.83. The van der Waals surface area contributed by atoms with Gasteiger partial charge in [0.15, 0.2) is 0 Å². The van der Waals surface area contributed by atoms with Gasteiger partial charge < -0.3 is 13.9 Å². The number of aromatic nitrogens is 3. The van der Waals surface area contributed by atoms with Crippen LogP contribution in [0.5, 0.6) is 0 Å². The SMILES string of the molecule is COC(=O)c1ccc2cc3n(c2c1)CCn1cnc2ccc(C)c-3c21. The second-order valence-electron chi connectivity index (χ2n) is 6.51.